The molecule has 4 nitrogen and oxygen atoms in total. The predicted molar refractivity (Wildman–Crippen MR) is 65.4 cm³/mol. The highest BCUT2D eigenvalue weighted by Gasteiger charge is 2.09. The Balaban J connectivity index is 2.78. The molecule has 5 heteroatoms. The minimum atomic E-state index is -0.507. The molecule has 0 aliphatic rings. The number of thioether (sulfide) groups is 1. The third-order valence-electron chi connectivity index (χ3n) is 1.99. The van der Waals surface area contributed by atoms with E-state index >= 15 is 0 Å². The smallest absolute Gasteiger partial charge is 0.252 e. The summed E-state index contributed by atoms with van der Waals surface area (Å²) in [5, 5.41) is 0. The van der Waals surface area contributed by atoms with Crippen LogP contribution < -0.4 is 15.2 Å². The molecule has 0 bridgehead atoms. The quantitative estimate of drug-likeness (QED) is 0.767. The summed E-state index contributed by atoms with van der Waals surface area (Å²) in [5.74, 6) is 1.53. The zero-order chi connectivity index (χ0) is 12.0. The Bertz CT molecular complexity index is 368. The van der Waals surface area contributed by atoms with Crippen molar-refractivity contribution in [3.8, 4) is 11.5 Å². The standard InChI is InChI=1S/C11H15NO3S/c1-14-10-7-8(15-5-6-16-2)3-4-9(10)11(12)13/h3-4,7H,5-6H2,1-2H3,(H2,12,13). The van der Waals surface area contributed by atoms with Gasteiger partial charge < -0.3 is 15.2 Å². The van der Waals surface area contributed by atoms with Gasteiger partial charge in [-0.15, -0.1) is 0 Å². The van der Waals surface area contributed by atoms with Crippen LogP contribution in [-0.4, -0.2) is 31.6 Å². The molecule has 0 spiro atoms. The summed E-state index contributed by atoms with van der Waals surface area (Å²) in [7, 11) is 1.49. The lowest BCUT2D eigenvalue weighted by Crippen LogP contribution is -2.12. The molecule has 1 aromatic rings. The lowest BCUT2D eigenvalue weighted by molar-refractivity contribution is 0.0997. The first-order valence-electron chi connectivity index (χ1n) is 4.78. The number of hydrogen-bond acceptors (Lipinski definition) is 4. The monoisotopic (exact) mass is 241 g/mol. The number of amides is 1. The number of rotatable bonds is 6. The third-order valence-corrected chi connectivity index (χ3v) is 2.57. The average molecular weight is 241 g/mol. The first-order chi connectivity index (χ1) is 7.69. The largest absolute Gasteiger partial charge is 0.496 e. The molecule has 0 aromatic heterocycles. The fraction of sp³-hybridized carbons (Fsp3) is 0.364. The fourth-order valence-corrected chi connectivity index (χ4v) is 1.46. The van der Waals surface area contributed by atoms with Gasteiger partial charge in [0, 0.05) is 11.8 Å². The van der Waals surface area contributed by atoms with Crippen molar-refractivity contribution in [3.63, 3.8) is 0 Å². The van der Waals surface area contributed by atoms with E-state index in [1.54, 1.807) is 30.0 Å². The normalized spacial score (nSPS) is 9.88. The molecule has 0 aliphatic carbocycles. The Hall–Kier alpha value is -1.36. The van der Waals surface area contributed by atoms with Crippen molar-refractivity contribution in [3.05, 3.63) is 23.8 Å². The highest BCUT2D eigenvalue weighted by molar-refractivity contribution is 7.98. The van der Waals surface area contributed by atoms with Crippen LogP contribution in [0.5, 0.6) is 11.5 Å². The Morgan fingerprint density at radius 3 is 2.81 bits per heavy atom. The van der Waals surface area contributed by atoms with E-state index in [1.807, 2.05) is 6.26 Å². The average Bonchev–Trinajstić information content (AvgIpc) is 2.29. The Morgan fingerprint density at radius 2 is 2.25 bits per heavy atom. The number of carbonyl (C=O) groups excluding carboxylic acids is 1. The molecular formula is C11H15NO3S. The van der Waals surface area contributed by atoms with Crippen molar-refractivity contribution in [1.29, 1.82) is 0 Å². The van der Waals surface area contributed by atoms with Gasteiger partial charge in [0.1, 0.15) is 11.5 Å². The van der Waals surface area contributed by atoms with Crippen LogP contribution in [0.1, 0.15) is 10.4 Å². The van der Waals surface area contributed by atoms with E-state index in [-0.39, 0.29) is 0 Å². The number of carbonyl (C=O) groups is 1. The van der Waals surface area contributed by atoms with Crippen LogP contribution in [0.3, 0.4) is 0 Å². The van der Waals surface area contributed by atoms with Gasteiger partial charge in [0.25, 0.3) is 5.91 Å². The van der Waals surface area contributed by atoms with Gasteiger partial charge in [-0.25, -0.2) is 0 Å². The van der Waals surface area contributed by atoms with Crippen LogP contribution in [0.2, 0.25) is 0 Å². The molecule has 0 saturated heterocycles. The Morgan fingerprint density at radius 1 is 1.50 bits per heavy atom. The van der Waals surface area contributed by atoms with Crippen molar-refractivity contribution >= 4 is 17.7 Å². The van der Waals surface area contributed by atoms with E-state index in [0.717, 1.165) is 5.75 Å². The maximum absolute atomic E-state index is 11.1. The van der Waals surface area contributed by atoms with E-state index in [1.165, 1.54) is 7.11 Å². The van der Waals surface area contributed by atoms with Crippen LogP contribution in [-0.2, 0) is 0 Å². The molecule has 0 radical (unpaired) electrons. The summed E-state index contributed by atoms with van der Waals surface area (Å²) in [6.45, 7) is 0.625. The first kappa shape index (κ1) is 12.7. The highest BCUT2D eigenvalue weighted by atomic mass is 32.2. The second kappa shape index (κ2) is 6.27. The summed E-state index contributed by atoms with van der Waals surface area (Å²) in [4.78, 5) is 11.1. The molecule has 2 N–H and O–H groups in total. The molecule has 0 atom stereocenters. The van der Waals surface area contributed by atoms with E-state index in [2.05, 4.69) is 0 Å². The van der Waals surface area contributed by atoms with Gasteiger partial charge in [-0.2, -0.15) is 11.8 Å². The second-order valence-electron chi connectivity index (χ2n) is 3.07. The molecule has 0 saturated carbocycles. The number of benzene rings is 1. The number of primary amides is 1. The van der Waals surface area contributed by atoms with Gasteiger partial charge in [0.2, 0.25) is 0 Å². The highest BCUT2D eigenvalue weighted by Crippen LogP contribution is 2.24. The van der Waals surface area contributed by atoms with E-state index in [0.29, 0.717) is 23.7 Å². The van der Waals surface area contributed by atoms with E-state index in [4.69, 9.17) is 15.2 Å². The predicted octanol–water partition coefficient (Wildman–Crippen LogP) is 1.54. The third kappa shape index (κ3) is 3.34. The van der Waals surface area contributed by atoms with Gasteiger partial charge in [-0.3, -0.25) is 4.79 Å². The van der Waals surface area contributed by atoms with Crippen LogP contribution in [0, 0.1) is 0 Å². The summed E-state index contributed by atoms with van der Waals surface area (Å²) in [5.41, 5.74) is 5.56. The molecule has 88 valence electrons. The van der Waals surface area contributed by atoms with E-state index in [9.17, 15) is 4.79 Å². The minimum Gasteiger partial charge on any atom is -0.496 e. The molecule has 1 rings (SSSR count). The van der Waals surface area contributed by atoms with Gasteiger partial charge in [-0.1, -0.05) is 0 Å². The van der Waals surface area contributed by atoms with Crippen LogP contribution in [0.25, 0.3) is 0 Å². The van der Waals surface area contributed by atoms with Crippen molar-refractivity contribution in [1.82, 2.24) is 0 Å². The Labute approximate surface area is 99.1 Å². The van der Waals surface area contributed by atoms with Crippen LogP contribution in [0.4, 0.5) is 0 Å². The number of hydrogen-bond donors (Lipinski definition) is 1. The topological polar surface area (TPSA) is 61.6 Å². The molecule has 1 amide bonds. The molecule has 16 heavy (non-hydrogen) atoms. The van der Waals surface area contributed by atoms with Gasteiger partial charge in [0.05, 0.1) is 19.3 Å². The summed E-state index contributed by atoms with van der Waals surface area (Å²) >= 11 is 1.71. The molecular weight excluding hydrogens is 226 g/mol. The molecule has 1 aromatic carbocycles. The van der Waals surface area contributed by atoms with Gasteiger partial charge >= 0.3 is 0 Å². The second-order valence-corrected chi connectivity index (χ2v) is 4.05. The Kier molecular flexibility index (Phi) is 4.98. The van der Waals surface area contributed by atoms with Gasteiger partial charge in [-0.05, 0) is 18.4 Å². The van der Waals surface area contributed by atoms with Crippen molar-refractivity contribution in [2.24, 2.45) is 5.73 Å². The van der Waals surface area contributed by atoms with Crippen LogP contribution >= 0.6 is 11.8 Å². The zero-order valence-electron chi connectivity index (χ0n) is 9.36. The minimum absolute atomic E-state index is 0.361. The van der Waals surface area contributed by atoms with Crippen molar-refractivity contribution < 1.29 is 14.3 Å². The number of methoxy groups -OCH3 is 1. The molecule has 0 fully saturated rings. The zero-order valence-corrected chi connectivity index (χ0v) is 10.2. The molecule has 0 aliphatic heterocycles. The maximum Gasteiger partial charge on any atom is 0.252 e. The molecule has 0 unspecified atom stereocenters. The first-order valence-corrected chi connectivity index (χ1v) is 6.18. The summed E-state index contributed by atoms with van der Waals surface area (Å²) in [6, 6.07) is 4.99. The number of ether oxygens (including phenoxy) is 2. The molecule has 0 heterocycles. The summed E-state index contributed by atoms with van der Waals surface area (Å²) in [6.07, 6.45) is 2.01. The van der Waals surface area contributed by atoms with Crippen LogP contribution in [0.15, 0.2) is 18.2 Å². The SMILES string of the molecule is COc1cc(OCCSC)ccc1C(N)=O. The van der Waals surface area contributed by atoms with Crippen molar-refractivity contribution in [2.45, 2.75) is 0 Å². The van der Waals surface area contributed by atoms with Crippen molar-refractivity contribution in [2.75, 3.05) is 25.7 Å². The van der Waals surface area contributed by atoms with E-state index < -0.39 is 5.91 Å². The summed E-state index contributed by atoms with van der Waals surface area (Å²) < 4.78 is 10.5. The fourth-order valence-electron chi connectivity index (χ4n) is 1.21. The number of nitrogens with two attached hydrogens (primary N) is 1. The maximum atomic E-state index is 11.1. The lowest BCUT2D eigenvalue weighted by atomic mass is 10.2. The lowest BCUT2D eigenvalue weighted by Gasteiger charge is -2.09. The van der Waals surface area contributed by atoms with Gasteiger partial charge in [0.15, 0.2) is 0 Å².